The van der Waals surface area contributed by atoms with Crippen molar-refractivity contribution in [2.45, 2.75) is 6.42 Å². The number of carbonyl (C=O) groups excluding carboxylic acids is 1. The Balaban J connectivity index is 1.82. The standard InChI is InChI=1S/C17H25N3O2/c1-3-9-18-10-8-17(21)20-13-11-19(12-14-20)15-6-4-5-7-16(15)22-2/h3-7,18H,1,8-14H2,2H3. The molecule has 0 aliphatic carbocycles. The first-order valence-corrected chi connectivity index (χ1v) is 7.73. The lowest BCUT2D eigenvalue weighted by Crippen LogP contribution is -2.49. The number of anilines is 1. The maximum atomic E-state index is 12.1. The molecule has 22 heavy (non-hydrogen) atoms. The van der Waals surface area contributed by atoms with Crippen LogP contribution in [0.25, 0.3) is 0 Å². The van der Waals surface area contributed by atoms with E-state index in [9.17, 15) is 4.79 Å². The third-order valence-corrected chi connectivity index (χ3v) is 3.86. The van der Waals surface area contributed by atoms with E-state index >= 15 is 0 Å². The smallest absolute Gasteiger partial charge is 0.223 e. The Kier molecular flexibility index (Phi) is 6.27. The highest BCUT2D eigenvalue weighted by atomic mass is 16.5. The van der Waals surface area contributed by atoms with Gasteiger partial charge in [0.05, 0.1) is 12.8 Å². The molecule has 5 heteroatoms. The van der Waals surface area contributed by atoms with Crippen molar-refractivity contribution in [2.75, 3.05) is 51.3 Å². The molecule has 1 aromatic carbocycles. The maximum absolute atomic E-state index is 12.1. The van der Waals surface area contributed by atoms with Gasteiger partial charge in [0.2, 0.25) is 5.91 Å². The van der Waals surface area contributed by atoms with Crippen LogP contribution in [0.4, 0.5) is 5.69 Å². The van der Waals surface area contributed by atoms with Gasteiger partial charge in [-0.3, -0.25) is 4.79 Å². The molecule has 0 atom stereocenters. The summed E-state index contributed by atoms with van der Waals surface area (Å²) in [6.07, 6.45) is 2.35. The number of methoxy groups -OCH3 is 1. The predicted octanol–water partition coefficient (Wildman–Crippen LogP) is 1.51. The normalized spacial score (nSPS) is 14.8. The summed E-state index contributed by atoms with van der Waals surface area (Å²) in [5, 5.41) is 3.16. The van der Waals surface area contributed by atoms with Gasteiger partial charge in [0.25, 0.3) is 0 Å². The maximum Gasteiger partial charge on any atom is 0.223 e. The van der Waals surface area contributed by atoms with E-state index in [4.69, 9.17) is 4.74 Å². The lowest BCUT2D eigenvalue weighted by Gasteiger charge is -2.36. The molecular formula is C17H25N3O2. The van der Waals surface area contributed by atoms with E-state index in [1.807, 2.05) is 23.1 Å². The van der Waals surface area contributed by atoms with Gasteiger partial charge in [-0.1, -0.05) is 18.2 Å². The average molecular weight is 303 g/mol. The number of amides is 1. The number of carbonyl (C=O) groups is 1. The number of hydrogen-bond acceptors (Lipinski definition) is 4. The molecule has 0 spiro atoms. The minimum absolute atomic E-state index is 0.219. The van der Waals surface area contributed by atoms with E-state index in [0.29, 0.717) is 13.0 Å². The van der Waals surface area contributed by atoms with E-state index in [-0.39, 0.29) is 5.91 Å². The van der Waals surface area contributed by atoms with Gasteiger partial charge in [-0.15, -0.1) is 6.58 Å². The van der Waals surface area contributed by atoms with Gasteiger partial charge in [-0.2, -0.15) is 0 Å². The van der Waals surface area contributed by atoms with Crippen molar-refractivity contribution >= 4 is 11.6 Å². The highest BCUT2D eigenvalue weighted by Crippen LogP contribution is 2.28. The summed E-state index contributed by atoms with van der Waals surface area (Å²) in [4.78, 5) is 16.4. The van der Waals surface area contributed by atoms with Crippen LogP contribution in [0.5, 0.6) is 5.75 Å². The van der Waals surface area contributed by atoms with Crippen LogP contribution in [0.15, 0.2) is 36.9 Å². The molecule has 1 fully saturated rings. The molecule has 1 aliphatic heterocycles. The van der Waals surface area contributed by atoms with Crippen molar-refractivity contribution in [3.8, 4) is 5.75 Å². The third kappa shape index (κ3) is 4.24. The Bertz CT molecular complexity index is 496. The first kappa shape index (κ1) is 16.4. The first-order valence-electron chi connectivity index (χ1n) is 7.73. The zero-order valence-electron chi connectivity index (χ0n) is 13.3. The van der Waals surface area contributed by atoms with Gasteiger partial charge in [0.15, 0.2) is 0 Å². The van der Waals surface area contributed by atoms with Crippen molar-refractivity contribution in [3.63, 3.8) is 0 Å². The molecule has 1 heterocycles. The minimum Gasteiger partial charge on any atom is -0.495 e. The molecule has 5 nitrogen and oxygen atoms in total. The molecule has 2 rings (SSSR count). The number of nitrogens with one attached hydrogen (secondary N) is 1. The van der Waals surface area contributed by atoms with Gasteiger partial charge in [-0.05, 0) is 12.1 Å². The van der Waals surface area contributed by atoms with Crippen LogP contribution in [0, 0.1) is 0 Å². The minimum atomic E-state index is 0.219. The summed E-state index contributed by atoms with van der Waals surface area (Å²) in [7, 11) is 1.69. The average Bonchev–Trinajstić information content (AvgIpc) is 2.58. The number of hydrogen-bond donors (Lipinski definition) is 1. The van der Waals surface area contributed by atoms with Crippen molar-refractivity contribution in [1.29, 1.82) is 0 Å². The summed E-state index contributed by atoms with van der Waals surface area (Å²) >= 11 is 0. The van der Waals surface area contributed by atoms with Gasteiger partial charge in [0, 0.05) is 45.7 Å². The molecule has 0 bridgehead atoms. The number of piperazine rings is 1. The fourth-order valence-corrected chi connectivity index (χ4v) is 2.65. The summed E-state index contributed by atoms with van der Waals surface area (Å²) in [6, 6.07) is 8.02. The van der Waals surface area contributed by atoms with Crippen LogP contribution in [0.2, 0.25) is 0 Å². The van der Waals surface area contributed by atoms with Gasteiger partial charge in [-0.25, -0.2) is 0 Å². The van der Waals surface area contributed by atoms with E-state index in [2.05, 4.69) is 22.9 Å². The molecule has 0 radical (unpaired) electrons. The van der Waals surface area contributed by atoms with Gasteiger partial charge in [0.1, 0.15) is 5.75 Å². The molecular weight excluding hydrogens is 278 g/mol. The second-order valence-electron chi connectivity index (χ2n) is 5.28. The fourth-order valence-electron chi connectivity index (χ4n) is 2.65. The van der Waals surface area contributed by atoms with Crippen LogP contribution in [0.3, 0.4) is 0 Å². The lowest BCUT2D eigenvalue weighted by molar-refractivity contribution is -0.131. The SMILES string of the molecule is C=CCNCCC(=O)N1CCN(c2ccccc2OC)CC1. The molecule has 1 saturated heterocycles. The summed E-state index contributed by atoms with van der Waals surface area (Å²) in [5.41, 5.74) is 1.10. The van der Waals surface area contributed by atoms with Gasteiger partial charge < -0.3 is 19.9 Å². The van der Waals surface area contributed by atoms with E-state index < -0.39 is 0 Å². The topological polar surface area (TPSA) is 44.8 Å². The highest BCUT2D eigenvalue weighted by molar-refractivity contribution is 5.76. The summed E-state index contributed by atoms with van der Waals surface area (Å²) < 4.78 is 5.41. The summed E-state index contributed by atoms with van der Waals surface area (Å²) in [5.74, 6) is 1.10. The van der Waals surface area contributed by atoms with E-state index in [0.717, 1.165) is 44.2 Å². The Morgan fingerprint density at radius 1 is 1.32 bits per heavy atom. The van der Waals surface area contributed by atoms with Crippen molar-refractivity contribution in [2.24, 2.45) is 0 Å². The number of ether oxygens (including phenoxy) is 1. The number of rotatable bonds is 7. The van der Waals surface area contributed by atoms with Crippen LogP contribution in [0.1, 0.15) is 6.42 Å². The second kappa shape index (κ2) is 8.44. The predicted molar refractivity (Wildman–Crippen MR) is 89.5 cm³/mol. The zero-order valence-corrected chi connectivity index (χ0v) is 13.3. The number of para-hydroxylation sites is 2. The molecule has 1 aliphatic rings. The fraction of sp³-hybridized carbons (Fsp3) is 0.471. The molecule has 1 aromatic rings. The lowest BCUT2D eigenvalue weighted by atomic mass is 10.2. The van der Waals surface area contributed by atoms with Crippen LogP contribution in [-0.4, -0.2) is 57.2 Å². The Labute approximate surface area is 132 Å². The van der Waals surface area contributed by atoms with E-state index in [1.165, 1.54) is 0 Å². The molecule has 1 amide bonds. The van der Waals surface area contributed by atoms with Crippen LogP contribution >= 0.6 is 0 Å². The molecule has 0 unspecified atom stereocenters. The molecule has 1 N–H and O–H groups in total. The van der Waals surface area contributed by atoms with Crippen molar-refractivity contribution < 1.29 is 9.53 Å². The molecule has 120 valence electrons. The highest BCUT2D eigenvalue weighted by Gasteiger charge is 2.22. The number of nitrogens with zero attached hydrogens (tertiary/aromatic N) is 2. The Morgan fingerprint density at radius 3 is 2.73 bits per heavy atom. The van der Waals surface area contributed by atoms with Crippen molar-refractivity contribution in [1.82, 2.24) is 10.2 Å². The number of benzene rings is 1. The molecule has 0 aromatic heterocycles. The van der Waals surface area contributed by atoms with Crippen LogP contribution in [-0.2, 0) is 4.79 Å². The summed E-state index contributed by atoms with van der Waals surface area (Å²) in [6.45, 7) is 8.30. The monoisotopic (exact) mass is 303 g/mol. The largest absolute Gasteiger partial charge is 0.495 e. The van der Waals surface area contributed by atoms with Crippen molar-refractivity contribution in [3.05, 3.63) is 36.9 Å². The van der Waals surface area contributed by atoms with Crippen LogP contribution < -0.4 is 15.0 Å². The van der Waals surface area contributed by atoms with E-state index in [1.54, 1.807) is 13.2 Å². The Morgan fingerprint density at radius 2 is 2.05 bits per heavy atom. The van der Waals surface area contributed by atoms with Gasteiger partial charge >= 0.3 is 0 Å². The zero-order chi connectivity index (χ0) is 15.8. The molecule has 0 saturated carbocycles. The first-order chi connectivity index (χ1) is 10.8. The Hall–Kier alpha value is -2.01. The third-order valence-electron chi connectivity index (χ3n) is 3.86. The quantitative estimate of drug-likeness (QED) is 0.612. The second-order valence-corrected chi connectivity index (χ2v) is 5.28.